The van der Waals surface area contributed by atoms with Gasteiger partial charge in [0.25, 0.3) is 0 Å². The van der Waals surface area contributed by atoms with Gasteiger partial charge in [0.15, 0.2) is 0 Å². The first kappa shape index (κ1) is 28.3. The van der Waals surface area contributed by atoms with Crippen molar-refractivity contribution in [2.24, 2.45) is 0 Å². The van der Waals surface area contributed by atoms with Gasteiger partial charge in [-0.05, 0) is 57.2 Å². The van der Waals surface area contributed by atoms with E-state index >= 15 is 0 Å². The summed E-state index contributed by atoms with van der Waals surface area (Å²) >= 11 is 0. The lowest BCUT2D eigenvalue weighted by Crippen LogP contribution is -2.40. The van der Waals surface area contributed by atoms with Gasteiger partial charge in [-0.3, -0.25) is 4.57 Å². The Hall–Kier alpha value is -3.71. The van der Waals surface area contributed by atoms with E-state index in [0.29, 0.717) is 5.56 Å². The molecule has 0 spiro atoms. The van der Waals surface area contributed by atoms with E-state index in [4.69, 9.17) is 0 Å². The Morgan fingerprint density at radius 3 is 2.00 bits per heavy atom. The number of hydrogen-bond donors (Lipinski definition) is 1. The van der Waals surface area contributed by atoms with Crippen LogP contribution in [0.15, 0.2) is 78.1 Å². The number of pyridine rings is 1. The smallest absolute Gasteiger partial charge is 0.290 e. The minimum Gasteiger partial charge on any atom is -0.290 e. The third-order valence-electron chi connectivity index (χ3n) is 5.37. The largest absolute Gasteiger partial charge is 0.416 e. The molecule has 0 fully saturated rings. The molecule has 1 N–H and O–H groups in total. The van der Waals surface area contributed by atoms with Gasteiger partial charge in [0.05, 0.1) is 27.4 Å². The number of nitrogens with zero attached hydrogens (tertiary/aromatic N) is 3. The number of benzene rings is 2. The molecule has 13 heteroatoms. The van der Waals surface area contributed by atoms with Gasteiger partial charge in [0.2, 0.25) is 10.0 Å². The molecule has 0 unspecified atom stereocenters. The van der Waals surface area contributed by atoms with Gasteiger partial charge in [0.1, 0.15) is 12.1 Å². The fourth-order valence-electron chi connectivity index (χ4n) is 3.67. The van der Waals surface area contributed by atoms with Gasteiger partial charge in [0, 0.05) is 22.9 Å². The van der Waals surface area contributed by atoms with Crippen LogP contribution < -0.4 is 4.72 Å². The van der Waals surface area contributed by atoms with Gasteiger partial charge < -0.3 is 0 Å². The highest BCUT2D eigenvalue weighted by atomic mass is 32.2. The van der Waals surface area contributed by atoms with Gasteiger partial charge in [-0.25, -0.2) is 23.1 Å². The normalized spacial score (nSPS) is 13.1. The first-order valence-corrected chi connectivity index (χ1v) is 12.9. The summed E-state index contributed by atoms with van der Waals surface area (Å²) in [5.41, 5.74) is -2.21. The monoisotopic (exact) mass is 568 g/mol. The highest BCUT2D eigenvalue weighted by Gasteiger charge is 2.33. The number of hydrogen-bond acceptors (Lipinski definition) is 4. The third-order valence-corrected chi connectivity index (χ3v) is 7.13. The van der Waals surface area contributed by atoms with Gasteiger partial charge in [-0.2, -0.15) is 26.3 Å². The van der Waals surface area contributed by atoms with Crippen LogP contribution in [0.5, 0.6) is 0 Å². The Bertz CT molecular complexity index is 1600. The van der Waals surface area contributed by atoms with Crippen molar-refractivity contribution in [1.82, 2.24) is 19.3 Å². The number of sulfonamides is 1. The number of imidazole rings is 1. The van der Waals surface area contributed by atoms with E-state index in [1.54, 1.807) is 26.8 Å². The molecule has 2 aromatic carbocycles. The Kier molecular flexibility index (Phi) is 7.11. The molecule has 0 amide bonds. The van der Waals surface area contributed by atoms with Gasteiger partial charge in [-0.1, -0.05) is 24.3 Å². The van der Waals surface area contributed by atoms with Gasteiger partial charge in [-0.15, -0.1) is 0 Å². The highest BCUT2D eigenvalue weighted by Crippen LogP contribution is 2.35. The minimum atomic E-state index is -4.76. The average molecular weight is 569 g/mol. The molecule has 0 atom stereocenters. The van der Waals surface area contributed by atoms with E-state index in [9.17, 15) is 34.8 Å². The molecule has 0 saturated heterocycles. The molecule has 6 nitrogen and oxygen atoms in total. The summed E-state index contributed by atoms with van der Waals surface area (Å²) in [5, 5.41) is 0. The van der Waals surface area contributed by atoms with Crippen molar-refractivity contribution in [2.75, 3.05) is 0 Å². The molecule has 4 rings (SSSR count). The topological polar surface area (TPSA) is 76.9 Å². The van der Waals surface area contributed by atoms with Crippen molar-refractivity contribution < 1.29 is 34.8 Å². The quantitative estimate of drug-likeness (QED) is 0.272. The zero-order valence-corrected chi connectivity index (χ0v) is 21.6. The van der Waals surface area contributed by atoms with Crippen LogP contribution in [0.1, 0.15) is 31.9 Å². The average Bonchev–Trinajstić information content (AvgIpc) is 3.32. The molecular formula is C26H22F6N4O2S. The third kappa shape index (κ3) is 6.66. The lowest BCUT2D eigenvalue weighted by molar-refractivity contribution is -0.138. The number of nitrogens with one attached hydrogen (secondary N) is 1. The fourth-order valence-corrected chi connectivity index (χ4v) is 5.14. The summed E-state index contributed by atoms with van der Waals surface area (Å²) in [7, 11) is -3.86. The second-order valence-corrected chi connectivity index (χ2v) is 11.4. The number of aromatic nitrogens is 3. The summed E-state index contributed by atoms with van der Waals surface area (Å²) in [6.07, 6.45) is -6.77. The zero-order chi connectivity index (χ0) is 28.8. The van der Waals surface area contributed by atoms with Crippen molar-refractivity contribution in [3.63, 3.8) is 0 Å². The van der Waals surface area contributed by atoms with Crippen molar-refractivity contribution >= 4 is 10.0 Å². The van der Waals surface area contributed by atoms with E-state index in [0.717, 1.165) is 36.4 Å². The van der Waals surface area contributed by atoms with E-state index < -0.39 is 39.0 Å². The van der Waals surface area contributed by atoms with Crippen LogP contribution in [0.3, 0.4) is 0 Å². The second kappa shape index (κ2) is 9.79. The predicted octanol–water partition coefficient (Wildman–Crippen LogP) is 6.72. The number of rotatable bonds is 5. The highest BCUT2D eigenvalue weighted by molar-refractivity contribution is 7.89. The summed E-state index contributed by atoms with van der Waals surface area (Å²) in [5.74, 6) is -0.184. The molecular weight excluding hydrogens is 546 g/mol. The molecule has 0 aliphatic rings. The molecule has 0 aliphatic heterocycles. The Labute approximate surface area is 220 Å². The Morgan fingerprint density at radius 2 is 1.41 bits per heavy atom. The maximum atomic E-state index is 13.7. The van der Waals surface area contributed by atoms with Crippen LogP contribution in [0.4, 0.5) is 26.3 Å². The summed E-state index contributed by atoms with van der Waals surface area (Å²) in [4.78, 5) is 8.39. The van der Waals surface area contributed by atoms with Crippen molar-refractivity contribution in [3.05, 3.63) is 84.3 Å². The Morgan fingerprint density at radius 1 is 0.769 bits per heavy atom. The minimum absolute atomic E-state index is 0.0220. The molecule has 0 radical (unpaired) electrons. The zero-order valence-electron chi connectivity index (χ0n) is 20.8. The standard InChI is InChI=1S/C26H22F6N4O2S/c1-24(2,3)35-39(37,38)20-6-4-5-17(11-20)22-14-36(15-33-22)23-13-19(26(30,31)32)12-21(34-23)16-7-9-18(10-8-16)25(27,28)29/h4-15,35H,1-3H3. The molecule has 0 bridgehead atoms. The van der Waals surface area contributed by atoms with Crippen LogP contribution in [0.2, 0.25) is 0 Å². The molecule has 0 saturated carbocycles. The van der Waals surface area contributed by atoms with Crippen LogP contribution in [-0.2, 0) is 22.4 Å². The summed E-state index contributed by atoms with van der Waals surface area (Å²) in [6, 6.07) is 11.1. The molecule has 2 aromatic heterocycles. The van der Waals surface area contributed by atoms with E-state index in [2.05, 4.69) is 14.7 Å². The lowest BCUT2D eigenvalue weighted by atomic mass is 10.1. The molecule has 206 valence electrons. The van der Waals surface area contributed by atoms with Crippen LogP contribution in [-0.4, -0.2) is 28.5 Å². The van der Waals surface area contributed by atoms with Crippen LogP contribution >= 0.6 is 0 Å². The van der Waals surface area contributed by atoms with E-state index in [-0.39, 0.29) is 27.7 Å². The maximum Gasteiger partial charge on any atom is 0.416 e. The summed E-state index contributed by atoms with van der Waals surface area (Å²) in [6.45, 7) is 5.07. The molecule has 2 heterocycles. The predicted molar refractivity (Wildman–Crippen MR) is 132 cm³/mol. The first-order valence-electron chi connectivity index (χ1n) is 11.4. The van der Waals surface area contributed by atoms with Crippen molar-refractivity contribution in [3.8, 4) is 28.3 Å². The van der Waals surface area contributed by atoms with Crippen molar-refractivity contribution in [2.45, 2.75) is 43.6 Å². The van der Waals surface area contributed by atoms with E-state index in [1.165, 1.54) is 35.3 Å². The van der Waals surface area contributed by atoms with Crippen molar-refractivity contribution in [1.29, 1.82) is 0 Å². The van der Waals surface area contributed by atoms with Crippen LogP contribution in [0.25, 0.3) is 28.3 Å². The summed E-state index contributed by atoms with van der Waals surface area (Å²) < 4.78 is 109. The SMILES string of the molecule is CC(C)(C)NS(=O)(=O)c1cccc(-c2cn(-c3cc(C(F)(F)F)cc(-c4ccc(C(F)(F)F)cc4)n3)cn2)c1. The molecule has 4 aromatic rings. The lowest BCUT2D eigenvalue weighted by Gasteiger charge is -2.20. The molecule has 39 heavy (non-hydrogen) atoms. The number of halogens is 6. The Balaban J connectivity index is 1.74. The fraction of sp³-hybridized carbons (Fsp3) is 0.231. The van der Waals surface area contributed by atoms with E-state index in [1.807, 2.05) is 0 Å². The first-order chi connectivity index (χ1) is 17.9. The van der Waals surface area contributed by atoms with Crippen LogP contribution in [0, 0.1) is 0 Å². The number of alkyl halides is 6. The van der Waals surface area contributed by atoms with Gasteiger partial charge >= 0.3 is 12.4 Å². The maximum absolute atomic E-state index is 13.7. The molecule has 0 aliphatic carbocycles. The second-order valence-electron chi connectivity index (χ2n) is 9.72.